The van der Waals surface area contributed by atoms with E-state index < -0.39 is 0 Å². The third kappa shape index (κ3) is 3.01. The molecule has 0 saturated carbocycles. The van der Waals surface area contributed by atoms with Gasteiger partial charge in [0.05, 0.1) is 11.8 Å². The molecule has 0 unspecified atom stereocenters. The number of aromatic nitrogens is 1. The third-order valence-corrected chi connectivity index (χ3v) is 2.92. The quantitative estimate of drug-likeness (QED) is 0.793. The standard InChI is InChI=1S/C12H18N2O/c1-10-2-3-11(13-8-10)9-14-6-4-12(15)5-7-14/h2-3,8,12,15H,4-7,9H2,1H3. The number of nitrogens with zero attached hydrogens (tertiary/aromatic N) is 2. The van der Waals surface area contributed by atoms with Crippen LogP contribution in [0.25, 0.3) is 0 Å². The second-order valence-electron chi connectivity index (χ2n) is 4.33. The molecule has 3 heteroatoms. The monoisotopic (exact) mass is 206 g/mol. The van der Waals surface area contributed by atoms with E-state index in [1.807, 2.05) is 13.1 Å². The SMILES string of the molecule is Cc1ccc(CN2CCC(O)CC2)nc1. The average molecular weight is 206 g/mol. The highest BCUT2D eigenvalue weighted by Crippen LogP contribution is 2.12. The normalized spacial score (nSPS) is 19.3. The lowest BCUT2D eigenvalue weighted by Gasteiger charge is -2.29. The van der Waals surface area contributed by atoms with E-state index in [9.17, 15) is 5.11 Å². The first-order valence-electron chi connectivity index (χ1n) is 5.56. The van der Waals surface area contributed by atoms with Crippen molar-refractivity contribution in [1.82, 2.24) is 9.88 Å². The maximum absolute atomic E-state index is 9.39. The zero-order valence-corrected chi connectivity index (χ0v) is 9.19. The van der Waals surface area contributed by atoms with Gasteiger partial charge in [0.15, 0.2) is 0 Å². The molecule has 1 aliphatic heterocycles. The van der Waals surface area contributed by atoms with E-state index in [1.54, 1.807) is 0 Å². The molecule has 3 nitrogen and oxygen atoms in total. The van der Waals surface area contributed by atoms with Gasteiger partial charge in [0.2, 0.25) is 0 Å². The molecule has 0 atom stereocenters. The predicted molar refractivity (Wildman–Crippen MR) is 59.5 cm³/mol. The third-order valence-electron chi connectivity index (χ3n) is 2.92. The molecule has 2 rings (SSSR count). The summed E-state index contributed by atoms with van der Waals surface area (Å²) in [5.74, 6) is 0. The van der Waals surface area contributed by atoms with E-state index in [0.717, 1.165) is 38.2 Å². The van der Waals surface area contributed by atoms with Gasteiger partial charge >= 0.3 is 0 Å². The van der Waals surface area contributed by atoms with Crippen molar-refractivity contribution in [2.75, 3.05) is 13.1 Å². The van der Waals surface area contributed by atoms with Crippen LogP contribution >= 0.6 is 0 Å². The Morgan fingerprint density at radius 1 is 1.40 bits per heavy atom. The zero-order chi connectivity index (χ0) is 10.7. The van der Waals surface area contributed by atoms with Crippen molar-refractivity contribution in [2.24, 2.45) is 0 Å². The second-order valence-corrected chi connectivity index (χ2v) is 4.33. The number of aliphatic hydroxyl groups is 1. The molecule has 2 heterocycles. The summed E-state index contributed by atoms with van der Waals surface area (Å²) in [6.45, 7) is 4.93. The minimum absolute atomic E-state index is 0.0905. The zero-order valence-electron chi connectivity index (χ0n) is 9.19. The molecule has 82 valence electrons. The van der Waals surface area contributed by atoms with Crippen molar-refractivity contribution in [1.29, 1.82) is 0 Å². The first-order chi connectivity index (χ1) is 7.24. The molecule has 1 aromatic rings. The number of rotatable bonds is 2. The largest absolute Gasteiger partial charge is 0.393 e. The fraction of sp³-hybridized carbons (Fsp3) is 0.583. The molecule has 1 aromatic heterocycles. The smallest absolute Gasteiger partial charge is 0.0564 e. The number of pyridine rings is 1. The van der Waals surface area contributed by atoms with Gasteiger partial charge in [-0.15, -0.1) is 0 Å². The van der Waals surface area contributed by atoms with Crippen LogP contribution in [0.2, 0.25) is 0 Å². The number of aliphatic hydroxyl groups excluding tert-OH is 1. The summed E-state index contributed by atoms with van der Waals surface area (Å²) in [7, 11) is 0. The lowest BCUT2D eigenvalue weighted by atomic mass is 10.1. The molecule has 0 aromatic carbocycles. The summed E-state index contributed by atoms with van der Waals surface area (Å²) in [5.41, 5.74) is 2.32. The van der Waals surface area contributed by atoms with Gasteiger partial charge < -0.3 is 5.11 Å². The van der Waals surface area contributed by atoms with E-state index in [2.05, 4.69) is 22.0 Å². The van der Waals surface area contributed by atoms with Crippen LogP contribution in [-0.2, 0) is 6.54 Å². The van der Waals surface area contributed by atoms with Gasteiger partial charge in [-0.05, 0) is 31.4 Å². The molecule has 1 saturated heterocycles. The van der Waals surface area contributed by atoms with Crippen LogP contribution in [0.4, 0.5) is 0 Å². The summed E-state index contributed by atoms with van der Waals surface area (Å²) in [6.07, 6.45) is 3.61. The van der Waals surface area contributed by atoms with Crippen molar-refractivity contribution in [3.8, 4) is 0 Å². The van der Waals surface area contributed by atoms with E-state index >= 15 is 0 Å². The minimum atomic E-state index is -0.0905. The van der Waals surface area contributed by atoms with Crippen LogP contribution < -0.4 is 0 Å². The highest BCUT2D eigenvalue weighted by Gasteiger charge is 2.16. The Morgan fingerprint density at radius 2 is 2.13 bits per heavy atom. The van der Waals surface area contributed by atoms with Crippen LogP contribution in [-0.4, -0.2) is 34.2 Å². The fourth-order valence-electron chi connectivity index (χ4n) is 1.90. The molecule has 0 radical (unpaired) electrons. The first-order valence-corrected chi connectivity index (χ1v) is 5.56. The maximum atomic E-state index is 9.39. The van der Waals surface area contributed by atoms with Gasteiger partial charge in [0.25, 0.3) is 0 Å². The van der Waals surface area contributed by atoms with Crippen LogP contribution in [0.3, 0.4) is 0 Å². The summed E-state index contributed by atoms with van der Waals surface area (Å²) in [4.78, 5) is 6.74. The molecular weight excluding hydrogens is 188 g/mol. The number of aryl methyl sites for hydroxylation is 1. The summed E-state index contributed by atoms with van der Waals surface area (Å²) >= 11 is 0. The summed E-state index contributed by atoms with van der Waals surface area (Å²) in [6, 6.07) is 4.18. The Morgan fingerprint density at radius 3 is 2.73 bits per heavy atom. The number of likely N-dealkylation sites (tertiary alicyclic amines) is 1. The maximum Gasteiger partial charge on any atom is 0.0564 e. The Kier molecular flexibility index (Phi) is 3.34. The average Bonchev–Trinajstić information content (AvgIpc) is 2.25. The fourth-order valence-corrected chi connectivity index (χ4v) is 1.90. The van der Waals surface area contributed by atoms with Crippen LogP contribution in [0.5, 0.6) is 0 Å². The molecule has 1 aliphatic rings. The Bertz CT molecular complexity index is 302. The van der Waals surface area contributed by atoms with E-state index in [4.69, 9.17) is 0 Å². The van der Waals surface area contributed by atoms with Crippen LogP contribution in [0, 0.1) is 6.92 Å². The van der Waals surface area contributed by atoms with E-state index in [0.29, 0.717) is 0 Å². The molecule has 0 spiro atoms. The first kappa shape index (κ1) is 10.6. The Balaban J connectivity index is 1.89. The summed E-state index contributed by atoms with van der Waals surface area (Å²) in [5, 5.41) is 9.39. The topological polar surface area (TPSA) is 36.4 Å². The number of hydrogen-bond donors (Lipinski definition) is 1. The van der Waals surface area contributed by atoms with Crippen molar-refractivity contribution >= 4 is 0 Å². The minimum Gasteiger partial charge on any atom is -0.393 e. The van der Waals surface area contributed by atoms with E-state index in [1.165, 1.54) is 5.56 Å². The molecule has 0 amide bonds. The summed E-state index contributed by atoms with van der Waals surface area (Å²) < 4.78 is 0. The highest BCUT2D eigenvalue weighted by atomic mass is 16.3. The van der Waals surface area contributed by atoms with Gasteiger partial charge in [-0.2, -0.15) is 0 Å². The molecule has 1 fully saturated rings. The second kappa shape index (κ2) is 4.73. The lowest BCUT2D eigenvalue weighted by Crippen LogP contribution is -2.35. The van der Waals surface area contributed by atoms with Crippen molar-refractivity contribution < 1.29 is 5.11 Å². The molecular formula is C12H18N2O. The lowest BCUT2D eigenvalue weighted by molar-refractivity contribution is 0.0787. The van der Waals surface area contributed by atoms with Gasteiger partial charge in [-0.25, -0.2) is 0 Å². The van der Waals surface area contributed by atoms with Gasteiger partial charge in [0.1, 0.15) is 0 Å². The predicted octanol–water partition coefficient (Wildman–Crippen LogP) is 1.35. The molecule has 15 heavy (non-hydrogen) atoms. The van der Waals surface area contributed by atoms with E-state index in [-0.39, 0.29) is 6.10 Å². The van der Waals surface area contributed by atoms with Crippen LogP contribution in [0.15, 0.2) is 18.3 Å². The number of piperidine rings is 1. The van der Waals surface area contributed by atoms with Crippen molar-refractivity contribution in [3.05, 3.63) is 29.6 Å². The Hall–Kier alpha value is -0.930. The van der Waals surface area contributed by atoms with Gasteiger partial charge in [-0.3, -0.25) is 9.88 Å². The van der Waals surface area contributed by atoms with Crippen molar-refractivity contribution in [2.45, 2.75) is 32.4 Å². The number of hydrogen-bond acceptors (Lipinski definition) is 3. The van der Waals surface area contributed by atoms with Crippen molar-refractivity contribution in [3.63, 3.8) is 0 Å². The Labute approximate surface area is 90.8 Å². The van der Waals surface area contributed by atoms with Gasteiger partial charge in [-0.1, -0.05) is 6.07 Å². The molecule has 0 bridgehead atoms. The molecule has 0 aliphatic carbocycles. The van der Waals surface area contributed by atoms with Gasteiger partial charge in [0, 0.05) is 25.8 Å². The highest BCUT2D eigenvalue weighted by molar-refractivity contribution is 5.12. The molecule has 1 N–H and O–H groups in total. The van der Waals surface area contributed by atoms with Crippen LogP contribution in [0.1, 0.15) is 24.1 Å².